The summed E-state index contributed by atoms with van der Waals surface area (Å²) in [7, 11) is 0. The number of benzene rings is 1. The zero-order valence-electron chi connectivity index (χ0n) is 7.92. The molecule has 1 saturated heterocycles. The maximum absolute atomic E-state index is 11.0. The number of aliphatic carboxylic acids is 1. The SMILES string of the molecule is NC(c1ccccc1)C1(C(=O)O)OCO1. The van der Waals surface area contributed by atoms with Crippen molar-refractivity contribution >= 4 is 5.97 Å². The van der Waals surface area contributed by atoms with Crippen LogP contribution in [0.25, 0.3) is 0 Å². The molecule has 0 saturated carbocycles. The highest BCUT2D eigenvalue weighted by Crippen LogP contribution is 2.34. The van der Waals surface area contributed by atoms with Crippen LogP contribution in [-0.4, -0.2) is 23.7 Å². The van der Waals surface area contributed by atoms with E-state index in [0.29, 0.717) is 5.56 Å². The van der Waals surface area contributed by atoms with E-state index in [1.807, 2.05) is 6.07 Å². The molecule has 0 aromatic heterocycles. The summed E-state index contributed by atoms with van der Waals surface area (Å²) >= 11 is 0. The predicted molar refractivity (Wildman–Crippen MR) is 50.8 cm³/mol. The van der Waals surface area contributed by atoms with Gasteiger partial charge in [-0.05, 0) is 5.56 Å². The fourth-order valence-electron chi connectivity index (χ4n) is 1.50. The third kappa shape index (κ3) is 1.50. The van der Waals surface area contributed by atoms with Gasteiger partial charge in [-0.25, -0.2) is 4.79 Å². The quantitative estimate of drug-likeness (QED) is 0.756. The van der Waals surface area contributed by atoms with Crippen LogP contribution in [0.4, 0.5) is 0 Å². The lowest BCUT2D eigenvalue weighted by molar-refractivity contribution is -0.389. The first kappa shape index (κ1) is 10.1. The molecule has 1 heterocycles. The van der Waals surface area contributed by atoms with E-state index in [0.717, 1.165) is 0 Å². The molecule has 0 spiro atoms. The summed E-state index contributed by atoms with van der Waals surface area (Å²) in [5, 5.41) is 8.99. The van der Waals surface area contributed by atoms with Gasteiger partial charge in [0.2, 0.25) is 0 Å². The standard InChI is InChI=1S/C10H11NO4/c11-8(7-4-2-1-3-5-7)10(9(12)13)14-6-15-10/h1-5,8H,6,11H2,(H,12,13). The van der Waals surface area contributed by atoms with Crippen molar-refractivity contribution in [2.75, 3.05) is 6.79 Å². The molecule has 1 aromatic rings. The van der Waals surface area contributed by atoms with Gasteiger partial charge in [0.05, 0.1) is 6.04 Å². The Balaban J connectivity index is 2.27. The molecule has 5 heteroatoms. The molecule has 0 bridgehead atoms. The molecule has 1 aliphatic heterocycles. The lowest BCUT2D eigenvalue weighted by atomic mass is 9.98. The maximum atomic E-state index is 11.0. The third-order valence-corrected chi connectivity index (χ3v) is 2.41. The van der Waals surface area contributed by atoms with Gasteiger partial charge in [0.15, 0.2) is 6.79 Å². The van der Waals surface area contributed by atoms with Crippen LogP contribution in [0, 0.1) is 0 Å². The monoisotopic (exact) mass is 209 g/mol. The fraction of sp³-hybridized carbons (Fsp3) is 0.300. The van der Waals surface area contributed by atoms with Crippen molar-refractivity contribution in [3.05, 3.63) is 35.9 Å². The Morgan fingerprint density at radius 2 is 2.00 bits per heavy atom. The molecule has 1 atom stereocenters. The third-order valence-electron chi connectivity index (χ3n) is 2.41. The van der Waals surface area contributed by atoms with Crippen molar-refractivity contribution in [1.29, 1.82) is 0 Å². The van der Waals surface area contributed by atoms with E-state index >= 15 is 0 Å². The zero-order valence-corrected chi connectivity index (χ0v) is 7.92. The Morgan fingerprint density at radius 1 is 1.40 bits per heavy atom. The van der Waals surface area contributed by atoms with Gasteiger partial charge in [0, 0.05) is 0 Å². The number of carbonyl (C=O) groups is 1. The minimum Gasteiger partial charge on any atom is -0.477 e. The number of carboxylic acid groups (broad SMARTS) is 1. The van der Waals surface area contributed by atoms with Crippen LogP contribution in [0.2, 0.25) is 0 Å². The van der Waals surface area contributed by atoms with E-state index in [9.17, 15) is 4.79 Å². The predicted octanol–water partition coefficient (Wildman–Crippen LogP) is 0.472. The normalized spacial score (nSPS) is 20.3. The molecular weight excluding hydrogens is 198 g/mol. The number of rotatable bonds is 3. The minimum atomic E-state index is -1.72. The summed E-state index contributed by atoms with van der Waals surface area (Å²) < 4.78 is 9.90. The van der Waals surface area contributed by atoms with Crippen molar-refractivity contribution < 1.29 is 19.4 Å². The van der Waals surface area contributed by atoms with Crippen molar-refractivity contribution in [3.8, 4) is 0 Å². The Kier molecular flexibility index (Phi) is 2.44. The van der Waals surface area contributed by atoms with Gasteiger partial charge in [-0.1, -0.05) is 30.3 Å². The molecule has 0 aliphatic carbocycles. The van der Waals surface area contributed by atoms with Gasteiger partial charge >= 0.3 is 5.97 Å². The van der Waals surface area contributed by atoms with Crippen molar-refractivity contribution in [3.63, 3.8) is 0 Å². The summed E-state index contributed by atoms with van der Waals surface area (Å²) in [5.41, 5.74) is 6.47. The van der Waals surface area contributed by atoms with Crippen LogP contribution in [0.5, 0.6) is 0 Å². The Morgan fingerprint density at radius 3 is 2.40 bits per heavy atom. The molecule has 0 amide bonds. The molecule has 1 aromatic carbocycles. The zero-order chi connectivity index (χ0) is 10.9. The van der Waals surface area contributed by atoms with E-state index < -0.39 is 17.8 Å². The van der Waals surface area contributed by atoms with E-state index in [-0.39, 0.29) is 6.79 Å². The number of hydrogen-bond donors (Lipinski definition) is 2. The molecule has 80 valence electrons. The van der Waals surface area contributed by atoms with E-state index in [1.165, 1.54) is 0 Å². The van der Waals surface area contributed by atoms with Gasteiger partial charge in [0.25, 0.3) is 5.79 Å². The first-order valence-electron chi connectivity index (χ1n) is 4.48. The number of nitrogens with two attached hydrogens (primary N) is 1. The summed E-state index contributed by atoms with van der Waals surface area (Å²) in [6.07, 6.45) is 0. The molecule has 0 radical (unpaired) electrons. The van der Waals surface area contributed by atoms with Gasteiger partial charge in [0.1, 0.15) is 0 Å². The second-order valence-corrected chi connectivity index (χ2v) is 3.27. The highest BCUT2D eigenvalue weighted by atomic mass is 16.9. The van der Waals surface area contributed by atoms with E-state index in [4.69, 9.17) is 20.3 Å². The number of hydrogen-bond acceptors (Lipinski definition) is 4. The lowest BCUT2D eigenvalue weighted by Gasteiger charge is -2.41. The molecule has 2 rings (SSSR count). The second-order valence-electron chi connectivity index (χ2n) is 3.27. The molecule has 3 N–H and O–H groups in total. The van der Waals surface area contributed by atoms with Gasteiger partial charge in [-0.15, -0.1) is 0 Å². The summed E-state index contributed by atoms with van der Waals surface area (Å²) in [5.74, 6) is -2.92. The van der Waals surface area contributed by atoms with Crippen LogP contribution in [0.15, 0.2) is 30.3 Å². The molecule has 1 aliphatic rings. The molecule has 15 heavy (non-hydrogen) atoms. The topological polar surface area (TPSA) is 81.8 Å². The number of carboxylic acids is 1. The van der Waals surface area contributed by atoms with Crippen LogP contribution < -0.4 is 5.73 Å². The average molecular weight is 209 g/mol. The maximum Gasteiger partial charge on any atom is 0.366 e. The first-order valence-corrected chi connectivity index (χ1v) is 4.48. The van der Waals surface area contributed by atoms with Crippen molar-refractivity contribution in [2.24, 2.45) is 5.73 Å². The molecule has 5 nitrogen and oxygen atoms in total. The van der Waals surface area contributed by atoms with Crippen molar-refractivity contribution in [1.82, 2.24) is 0 Å². The van der Waals surface area contributed by atoms with E-state index in [1.54, 1.807) is 24.3 Å². The van der Waals surface area contributed by atoms with Crippen LogP contribution in [0.1, 0.15) is 11.6 Å². The summed E-state index contributed by atoms with van der Waals surface area (Å²) in [4.78, 5) is 11.0. The fourth-order valence-corrected chi connectivity index (χ4v) is 1.50. The van der Waals surface area contributed by atoms with E-state index in [2.05, 4.69) is 0 Å². The highest BCUT2D eigenvalue weighted by molar-refractivity contribution is 5.77. The highest BCUT2D eigenvalue weighted by Gasteiger charge is 2.54. The van der Waals surface area contributed by atoms with Gasteiger partial charge < -0.3 is 20.3 Å². The molecule has 1 fully saturated rings. The lowest BCUT2D eigenvalue weighted by Crippen LogP contribution is -2.60. The average Bonchev–Trinajstić information content (AvgIpc) is 2.16. The Hall–Kier alpha value is -1.43. The molecule has 1 unspecified atom stereocenters. The van der Waals surface area contributed by atoms with Crippen LogP contribution >= 0.6 is 0 Å². The number of ether oxygens (including phenoxy) is 2. The summed E-state index contributed by atoms with van der Waals surface area (Å²) in [6.45, 7) is -0.0349. The van der Waals surface area contributed by atoms with Gasteiger partial charge in [-0.2, -0.15) is 0 Å². The van der Waals surface area contributed by atoms with Crippen LogP contribution in [0.3, 0.4) is 0 Å². The smallest absolute Gasteiger partial charge is 0.366 e. The first-order chi connectivity index (χ1) is 7.17. The molecular formula is C10H11NO4. The minimum absolute atomic E-state index is 0.0349. The summed E-state index contributed by atoms with van der Waals surface area (Å²) in [6, 6.07) is 8.03. The van der Waals surface area contributed by atoms with Crippen LogP contribution in [-0.2, 0) is 14.3 Å². The second kappa shape index (κ2) is 3.62. The van der Waals surface area contributed by atoms with Gasteiger partial charge in [-0.3, -0.25) is 0 Å². The van der Waals surface area contributed by atoms with Crippen molar-refractivity contribution in [2.45, 2.75) is 11.8 Å². The largest absolute Gasteiger partial charge is 0.477 e. The Bertz CT molecular complexity index is 361. The Labute approximate surface area is 86.4 Å².